The SMILES string of the molecule is O=C(NCc1ccnc(N2CCOCC2)c1)c1ccc(Oc2ccccc2)nc1. The molecule has 1 aliphatic heterocycles. The zero-order valence-electron chi connectivity index (χ0n) is 16.0. The summed E-state index contributed by atoms with van der Waals surface area (Å²) in [5, 5.41) is 2.92. The molecule has 3 heterocycles. The van der Waals surface area contributed by atoms with Gasteiger partial charge in [-0.3, -0.25) is 4.79 Å². The maximum atomic E-state index is 12.4. The summed E-state index contributed by atoms with van der Waals surface area (Å²) < 4.78 is 11.0. The summed E-state index contributed by atoms with van der Waals surface area (Å²) in [4.78, 5) is 23.3. The molecule has 1 saturated heterocycles. The lowest BCUT2D eigenvalue weighted by molar-refractivity contribution is 0.0950. The van der Waals surface area contributed by atoms with E-state index in [2.05, 4.69) is 20.2 Å². The van der Waals surface area contributed by atoms with E-state index in [1.54, 1.807) is 18.3 Å². The van der Waals surface area contributed by atoms with Crippen molar-refractivity contribution in [1.29, 1.82) is 0 Å². The Kier molecular flexibility index (Phi) is 5.97. The van der Waals surface area contributed by atoms with Crippen LogP contribution in [0, 0.1) is 0 Å². The van der Waals surface area contributed by atoms with Crippen molar-refractivity contribution < 1.29 is 14.3 Å². The molecular formula is C22H22N4O3. The molecule has 29 heavy (non-hydrogen) atoms. The molecule has 0 aliphatic carbocycles. The molecule has 0 bridgehead atoms. The van der Waals surface area contributed by atoms with Crippen LogP contribution in [0.3, 0.4) is 0 Å². The molecule has 1 aromatic carbocycles. The van der Waals surface area contributed by atoms with E-state index in [-0.39, 0.29) is 5.91 Å². The van der Waals surface area contributed by atoms with E-state index in [0.717, 1.165) is 24.5 Å². The van der Waals surface area contributed by atoms with Gasteiger partial charge in [0.2, 0.25) is 5.88 Å². The third-order valence-corrected chi connectivity index (χ3v) is 4.56. The van der Waals surface area contributed by atoms with Gasteiger partial charge in [0.15, 0.2) is 0 Å². The number of morpholine rings is 1. The zero-order valence-corrected chi connectivity index (χ0v) is 16.0. The summed E-state index contributed by atoms with van der Waals surface area (Å²) in [6, 6.07) is 16.7. The lowest BCUT2D eigenvalue weighted by atomic mass is 10.2. The Morgan fingerprint density at radius 2 is 1.90 bits per heavy atom. The Morgan fingerprint density at radius 3 is 2.66 bits per heavy atom. The molecule has 1 amide bonds. The number of amides is 1. The van der Waals surface area contributed by atoms with Crippen LogP contribution in [-0.4, -0.2) is 42.2 Å². The molecule has 1 N–H and O–H groups in total. The molecule has 4 rings (SSSR count). The fourth-order valence-corrected chi connectivity index (χ4v) is 3.00. The van der Waals surface area contributed by atoms with Gasteiger partial charge in [0.1, 0.15) is 11.6 Å². The highest BCUT2D eigenvalue weighted by atomic mass is 16.5. The number of ether oxygens (including phenoxy) is 2. The van der Waals surface area contributed by atoms with Crippen LogP contribution >= 0.6 is 0 Å². The van der Waals surface area contributed by atoms with Crippen LogP contribution in [0.15, 0.2) is 67.0 Å². The van der Waals surface area contributed by atoms with E-state index in [9.17, 15) is 4.79 Å². The number of rotatable bonds is 6. The monoisotopic (exact) mass is 390 g/mol. The predicted octanol–water partition coefficient (Wildman–Crippen LogP) is 3.04. The van der Waals surface area contributed by atoms with Crippen molar-refractivity contribution in [3.63, 3.8) is 0 Å². The van der Waals surface area contributed by atoms with Crippen LogP contribution < -0.4 is 15.0 Å². The number of benzene rings is 1. The molecule has 0 saturated carbocycles. The fourth-order valence-electron chi connectivity index (χ4n) is 3.00. The van der Waals surface area contributed by atoms with Gasteiger partial charge >= 0.3 is 0 Å². The molecule has 3 aromatic rings. The summed E-state index contributed by atoms with van der Waals surface area (Å²) in [7, 11) is 0. The van der Waals surface area contributed by atoms with Crippen LogP contribution in [0.25, 0.3) is 0 Å². The van der Waals surface area contributed by atoms with Gasteiger partial charge in [-0.25, -0.2) is 9.97 Å². The highest BCUT2D eigenvalue weighted by Gasteiger charge is 2.13. The number of hydrogen-bond acceptors (Lipinski definition) is 6. The third-order valence-electron chi connectivity index (χ3n) is 4.56. The Bertz CT molecular complexity index is 942. The van der Waals surface area contributed by atoms with Gasteiger partial charge in [-0.05, 0) is 35.9 Å². The van der Waals surface area contributed by atoms with Gasteiger partial charge in [-0.15, -0.1) is 0 Å². The molecule has 148 valence electrons. The molecule has 0 atom stereocenters. The third kappa shape index (κ3) is 5.08. The van der Waals surface area contributed by atoms with Crippen molar-refractivity contribution >= 4 is 11.7 Å². The average molecular weight is 390 g/mol. The van der Waals surface area contributed by atoms with Gasteiger partial charge in [-0.1, -0.05) is 18.2 Å². The number of anilines is 1. The van der Waals surface area contributed by atoms with E-state index in [1.807, 2.05) is 42.5 Å². The first-order valence-corrected chi connectivity index (χ1v) is 9.53. The maximum absolute atomic E-state index is 12.4. The lowest BCUT2D eigenvalue weighted by Crippen LogP contribution is -2.36. The Hall–Kier alpha value is -3.45. The van der Waals surface area contributed by atoms with E-state index in [0.29, 0.717) is 37.0 Å². The number of para-hydroxylation sites is 1. The second-order valence-electron chi connectivity index (χ2n) is 6.60. The minimum atomic E-state index is -0.187. The Morgan fingerprint density at radius 1 is 1.07 bits per heavy atom. The molecule has 7 heteroatoms. The second-order valence-corrected chi connectivity index (χ2v) is 6.60. The molecule has 2 aromatic heterocycles. The number of nitrogens with zero attached hydrogens (tertiary/aromatic N) is 3. The van der Waals surface area contributed by atoms with Crippen LogP contribution in [0.2, 0.25) is 0 Å². The number of carbonyl (C=O) groups excluding carboxylic acids is 1. The van der Waals surface area contributed by atoms with Gasteiger partial charge in [0.25, 0.3) is 5.91 Å². The fraction of sp³-hybridized carbons (Fsp3) is 0.227. The quantitative estimate of drug-likeness (QED) is 0.697. The topological polar surface area (TPSA) is 76.6 Å². The first kappa shape index (κ1) is 18.9. The van der Waals surface area contributed by atoms with Crippen LogP contribution in [0.4, 0.5) is 5.82 Å². The second kappa shape index (κ2) is 9.16. The highest BCUT2D eigenvalue weighted by Crippen LogP contribution is 2.19. The standard InChI is InChI=1S/C22H22N4O3/c27-22(18-6-7-21(24-16-18)29-19-4-2-1-3-5-19)25-15-17-8-9-23-20(14-17)26-10-12-28-13-11-26/h1-9,14,16H,10-13,15H2,(H,25,27). The number of carbonyl (C=O) groups is 1. The normalized spacial score (nSPS) is 13.7. The van der Waals surface area contributed by atoms with Gasteiger partial charge in [0.05, 0.1) is 18.8 Å². The Labute approximate surface area is 169 Å². The first-order valence-electron chi connectivity index (χ1n) is 9.53. The molecule has 0 unspecified atom stereocenters. The predicted molar refractivity (Wildman–Crippen MR) is 109 cm³/mol. The molecule has 1 aliphatic rings. The van der Waals surface area contributed by atoms with E-state index in [1.165, 1.54) is 6.20 Å². The summed E-state index contributed by atoms with van der Waals surface area (Å²) in [5.74, 6) is 1.86. The molecule has 0 radical (unpaired) electrons. The van der Waals surface area contributed by atoms with Gasteiger partial charge in [0, 0.05) is 38.1 Å². The number of pyridine rings is 2. The largest absolute Gasteiger partial charge is 0.439 e. The summed E-state index contributed by atoms with van der Waals surface area (Å²) in [6.45, 7) is 3.48. The zero-order chi connectivity index (χ0) is 19.9. The minimum Gasteiger partial charge on any atom is -0.439 e. The van der Waals surface area contributed by atoms with Gasteiger partial charge < -0.3 is 19.7 Å². The van der Waals surface area contributed by atoms with Crippen molar-refractivity contribution in [2.75, 3.05) is 31.2 Å². The summed E-state index contributed by atoms with van der Waals surface area (Å²) >= 11 is 0. The number of nitrogens with one attached hydrogen (secondary N) is 1. The number of aromatic nitrogens is 2. The average Bonchev–Trinajstić information content (AvgIpc) is 2.79. The molecule has 7 nitrogen and oxygen atoms in total. The van der Waals surface area contributed by atoms with E-state index < -0.39 is 0 Å². The molecular weight excluding hydrogens is 368 g/mol. The Balaban J connectivity index is 1.33. The van der Waals surface area contributed by atoms with E-state index in [4.69, 9.17) is 9.47 Å². The summed E-state index contributed by atoms with van der Waals surface area (Å²) in [6.07, 6.45) is 3.28. The van der Waals surface area contributed by atoms with E-state index >= 15 is 0 Å². The summed E-state index contributed by atoms with van der Waals surface area (Å²) in [5.41, 5.74) is 1.47. The van der Waals surface area contributed by atoms with Crippen molar-refractivity contribution in [2.24, 2.45) is 0 Å². The lowest BCUT2D eigenvalue weighted by Gasteiger charge is -2.28. The molecule has 1 fully saturated rings. The van der Waals surface area contributed by atoms with Crippen LogP contribution in [-0.2, 0) is 11.3 Å². The first-order chi connectivity index (χ1) is 14.3. The van der Waals surface area contributed by atoms with Crippen molar-refractivity contribution in [2.45, 2.75) is 6.54 Å². The molecule has 0 spiro atoms. The maximum Gasteiger partial charge on any atom is 0.253 e. The van der Waals surface area contributed by atoms with Crippen molar-refractivity contribution in [3.8, 4) is 11.6 Å². The van der Waals surface area contributed by atoms with Gasteiger partial charge in [-0.2, -0.15) is 0 Å². The van der Waals surface area contributed by atoms with Crippen molar-refractivity contribution in [1.82, 2.24) is 15.3 Å². The van der Waals surface area contributed by atoms with Crippen molar-refractivity contribution in [3.05, 3.63) is 78.1 Å². The minimum absolute atomic E-state index is 0.187. The van der Waals surface area contributed by atoms with Crippen LogP contribution in [0.5, 0.6) is 11.6 Å². The smallest absolute Gasteiger partial charge is 0.253 e. The van der Waals surface area contributed by atoms with Crippen LogP contribution in [0.1, 0.15) is 15.9 Å². The highest BCUT2D eigenvalue weighted by molar-refractivity contribution is 5.93. The number of hydrogen-bond donors (Lipinski definition) is 1.